The van der Waals surface area contributed by atoms with E-state index in [1.165, 1.54) is 11.1 Å². The standard InChI is InChI=1S/C46H34N4/c1-29-13-17-33(18-14-29)45-39-25-21-35(47-39)43(31-9-5-3-6-10-31)37-23-27-41(49-37)46(34-19-15-30(2)16-20-34)42-28-24-38(50-42)44(32-11-7-4-8-12-32)36-22-26-40(45)48-36/h3-28,47,50H,1-2H3. The van der Waals surface area contributed by atoms with Gasteiger partial charge in [-0.1, -0.05) is 120 Å². The Morgan fingerprint density at radius 1 is 0.320 bits per heavy atom. The van der Waals surface area contributed by atoms with Crippen LogP contribution in [0.2, 0.25) is 0 Å². The number of aromatic amines is 2. The summed E-state index contributed by atoms with van der Waals surface area (Å²) < 4.78 is 0. The molecule has 0 saturated carbocycles. The summed E-state index contributed by atoms with van der Waals surface area (Å²) >= 11 is 0. The smallest absolute Gasteiger partial charge is 0.0737 e. The number of fused-ring (bicyclic) bond motifs is 8. The highest BCUT2D eigenvalue weighted by Gasteiger charge is 2.18. The lowest BCUT2D eigenvalue weighted by Crippen LogP contribution is -1.89. The number of hydrogen-bond donors (Lipinski definition) is 2. The Morgan fingerprint density at radius 3 is 0.900 bits per heavy atom. The SMILES string of the molecule is Cc1ccc(-c2c3nc(c(-c4ccccc4)c4ccc([nH]4)c(-c4ccc(C)cc4)c4nc(c(-c5ccccc5)c5ccc2[nH]5)C=C4)C=C3)cc1. The minimum atomic E-state index is 0.908. The predicted molar refractivity (Wildman–Crippen MR) is 210 cm³/mol. The van der Waals surface area contributed by atoms with Crippen LogP contribution in [0.4, 0.5) is 0 Å². The highest BCUT2D eigenvalue weighted by atomic mass is 14.8. The van der Waals surface area contributed by atoms with Crippen molar-refractivity contribution in [2.75, 3.05) is 0 Å². The molecule has 0 aliphatic carbocycles. The van der Waals surface area contributed by atoms with Crippen molar-refractivity contribution in [3.05, 3.63) is 167 Å². The molecule has 2 aliphatic heterocycles. The maximum atomic E-state index is 5.38. The van der Waals surface area contributed by atoms with Crippen LogP contribution in [-0.2, 0) is 0 Å². The van der Waals surface area contributed by atoms with Crippen LogP contribution in [0.15, 0.2) is 133 Å². The molecule has 0 amide bonds. The third-order valence-electron chi connectivity index (χ3n) is 9.56. The fourth-order valence-electron chi connectivity index (χ4n) is 7.07. The summed E-state index contributed by atoms with van der Waals surface area (Å²) in [5, 5.41) is 0. The molecule has 0 fully saturated rings. The first-order valence-electron chi connectivity index (χ1n) is 17.0. The van der Waals surface area contributed by atoms with Gasteiger partial charge in [-0.15, -0.1) is 0 Å². The molecule has 4 aromatic carbocycles. The zero-order chi connectivity index (χ0) is 33.6. The molecule has 2 aliphatic rings. The average molecular weight is 643 g/mol. The van der Waals surface area contributed by atoms with E-state index in [1.807, 2.05) is 0 Å². The van der Waals surface area contributed by atoms with Crippen molar-refractivity contribution in [3.8, 4) is 44.5 Å². The van der Waals surface area contributed by atoms with Crippen LogP contribution < -0.4 is 0 Å². The molecule has 0 atom stereocenters. The summed E-state index contributed by atoms with van der Waals surface area (Å²) in [5.41, 5.74) is 18.6. The molecule has 0 radical (unpaired) electrons. The summed E-state index contributed by atoms with van der Waals surface area (Å²) in [6, 6.07) is 47.1. The number of hydrogen-bond acceptors (Lipinski definition) is 2. The Kier molecular flexibility index (Phi) is 7.21. The van der Waals surface area contributed by atoms with Gasteiger partial charge < -0.3 is 9.97 Å². The summed E-state index contributed by atoms with van der Waals surface area (Å²) in [6.07, 6.45) is 8.58. The Bertz CT molecular complexity index is 2430. The number of nitrogens with zero attached hydrogens (tertiary/aromatic N) is 2. The minimum absolute atomic E-state index is 0.908. The third kappa shape index (κ3) is 5.28. The van der Waals surface area contributed by atoms with Crippen LogP contribution in [-0.4, -0.2) is 19.9 Å². The average Bonchev–Trinajstić information content (AvgIpc) is 3.98. The summed E-state index contributed by atoms with van der Waals surface area (Å²) in [6.45, 7) is 4.24. The van der Waals surface area contributed by atoms with Gasteiger partial charge in [0.25, 0.3) is 0 Å². The second-order valence-corrected chi connectivity index (χ2v) is 13.0. The van der Waals surface area contributed by atoms with Crippen LogP contribution in [0.25, 0.3) is 90.9 Å². The van der Waals surface area contributed by atoms with Gasteiger partial charge in [0, 0.05) is 44.3 Å². The quantitative estimate of drug-likeness (QED) is 0.201. The van der Waals surface area contributed by atoms with Gasteiger partial charge in [-0.05, 0) is 84.7 Å². The first-order valence-corrected chi connectivity index (χ1v) is 17.0. The molecule has 4 heteroatoms. The van der Waals surface area contributed by atoms with Gasteiger partial charge in [-0.25, -0.2) is 9.97 Å². The second-order valence-electron chi connectivity index (χ2n) is 13.0. The lowest BCUT2D eigenvalue weighted by atomic mass is 10.0. The molecular formula is C46H34N4. The maximum absolute atomic E-state index is 5.38. The molecule has 238 valence electrons. The van der Waals surface area contributed by atoms with E-state index in [0.29, 0.717) is 0 Å². The minimum Gasteiger partial charge on any atom is -0.354 e. The Labute approximate surface area is 291 Å². The molecular weight excluding hydrogens is 609 g/mol. The summed E-state index contributed by atoms with van der Waals surface area (Å²) in [4.78, 5) is 18.4. The van der Waals surface area contributed by atoms with Crippen LogP contribution >= 0.6 is 0 Å². The zero-order valence-corrected chi connectivity index (χ0v) is 27.9. The molecule has 4 nitrogen and oxygen atoms in total. The monoisotopic (exact) mass is 642 g/mol. The van der Waals surface area contributed by atoms with Crippen molar-refractivity contribution in [1.82, 2.24) is 19.9 Å². The van der Waals surface area contributed by atoms with Crippen molar-refractivity contribution in [2.45, 2.75) is 13.8 Å². The second kappa shape index (κ2) is 12.2. The largest absolute Gasteiger partial charge is 0.354 e. The zero-order valence-electron chi connectivity index (χ0n) is 27.9. The molecule has 0 spiro atoms. The predicted octanol–water partition coefficient (Wildman–Crippen LogP) is 11.9. The summed E-state index contributed by atoms with van der Waals surface area (Å²) in [5.74, 6) is 0. The molecule has 50 heavy (non-hydrogen) atoms. The van der Waals surface area contributed by atoms with Crippen molar-refractivity contribution in [2.24, 2.45) is 0 Å². The van der Waals surface area contributed by atoms with Crippen LogP contribution in [0.5, 0.6) is 0 Å². The van der Waals surface area contributed by atoms with Crippen molar-refractivity contribution in [3.63, 3.8) is 0 Å². The van der Waals surface area contributed by atoms with Crippen molar-refractivity contribution in [1.29, 1.82) is 0 Å². The molecule has 5 heterocycles. The van der Waals surface area contributed by atoms with Crippen LogP contribution in [0, 0.1) is 13.8 Å². The molecule has 9 rings (SSSR count). The lowest BCUT2D eigenvalue weighted by molar-refractivity contribution is 1.31. The molecule has 3 aromatic heterocycles. The fraction of sp³-hybridized carbons (Fsp3) is 0.0435. The molecule has 0 saturated heterocycles. The van der Waals surface area contributed by atoms with E-state index in [2.05, 4.69) is 182 Å². The highest BCUT2D eigenvalue weighted by molar-refractivity contribution is 5.99. The van der Waals surface area contributed by atoms with Gasteiger partial charge in [-0.3, -0.25) is 0 Å². The number of rotatable bonds is 4. The maximum Gasteiger partial charge on any atom is 0.0737 e. The van der Waals surface area contributed by atoms with Crippen LogP contribution in [0.3, 0.4) is 0 Å². The number of H-pyrrole nitrogens is 2. The lowest BCUT2D eigenvalue weighted by Gasteiger charge is -2.07. The first kappa shape index (κ1) is 29.6. The molecule has 8 bridgehead atoms. The van der Waals surface area contributed by atoms with Gasteiger partial charge in [0.15, 0.2) is 0 Å². The van der Waals surface area contributed by atoms with Gasteiger partial charge in [0.2, 0.25) is 0 Å². The van der Waals surface area contributed by atoms with Gasteiger partial charge >= 0.3 is 0 Å². The number of aromatic nitrogens is 4. The van der Waals surface area contributed by atoms with E-state index in [9.17, 15) is 0 Å². The molecule has 0 unspecified atom stereocenters. The van der Waals surface area contributed by atoms with E-state index in [1.54, 1.807) is 0 Å². The first-order chi connectivity index (χ1) is 24.6. The van der Waals surface area contributed by atoms with E-state index in [0.717, 1.165) is 89.4 Å². The number of benzene rings is 4. The Hall–Kier alpha value is -6.52. The van der Waals surface area contributed by atoms with E-state index in [-0.39, 0.29) is 0 Å². The highest BCUT2D eigenvalue weighted by Crippen LogP contribution is 2.38. The van der Waals surface area contributed by atoms with Gasteiger partial charge in [0.05, 0.1) is 22.8 Å². The number of aryl methyl sites for hydroxylation is 2. The molecule has 7 aromatic rings. The summed E-state index contributed by atoms with van der Waals surface area (Å²) in [7, 11) is 0. The number of nitrogens with one attached hydrogen (secondary N) is 2. The van der Waals surface area contributed by atoms with E-state index < -0.39 is 0 Å². The third-order valence-corrected chi connectivity index (χ3v) is 9.56. The Balaban J connectivity index is 1.47. The fourth-order valence-corrected chi connectivity index (χ4v) is 7.07. The van der Waals surface area contributed by atoms with E-state index in [4.69, 9.17) is 9.97 Å². The molecule has 2 N–H and O–H groups in total. The van der Waals surface area contributed by atoms with Crippen molar-refractivity contribution >= 4 is 46.4 Å². The van der Waals surface area contributed by atoms with Gasteiger partial charge in [0.1, 0.15) is 0 Å². The normalized spacial score (nSPS) is 12.0. The van der Waals surface area contributed by atoms with Crippen LogP contribution in [0.1, 0.15) is 33.9 Å². The topological polar surface area (TPSA) is 57.4 Å². The van der Waals surface area contributed by atoms with E-state index >= 15 is 0 Å². The Morgan fingerprint density at radius 2 is 0.600 bits per heavy atom. The van der Waals surface area contributed by atoms with Gasteiger partial charge in [-0.2, -0.15) is 0 Å². The van der Waals surface area contributed by atoms with Crippen molar-refractivity contribution < 1.29 is 0 Å².